The van der Waals surface area contributed by atoms with Gasteiger partial charge < -0.3 is 20.1 Å². The molecule has 0 aliphatic carbocycles. The van der Waals surface area contributed by atoms with E-state index in [2.05, 4.69) is 15.4 Å². The molecule has 0 aliphatic rings. The molecule has 2 rings (SSSR count). The van der Waals surface area contributed by atoms with Gasteiger partial charge >= 0.3 is 12.2 Å². The highest BCUT2D eigenvalue weighted by Crippen LogP contribution is 2.29. The first-order valence-corrected chi connectivity index (χ1v) is 7.72. The lowest BCUT2D eigenvalue weighted by molar-refractivity contribution is 0.104. The number of urea groups is 1. The summed E-state index contributed by atoms with van der Waals surface area (Å²) < 4.78 is 9.58. The van der Waals surface area contributed by atoms with Crippen LogP contribution in [0.15, 0.2) is 42.5 Å². The van der Waals surface area contributed by atoms with Crippen LogP contribution in [0.25, 0.3) is 0 Å². The maximum Gasteiger partial charge on any atom is 0.513 e. The van der Waals surface area contributed by atoms with E-state index in [0.29, 0.717) is 22.1 Å². The van der Waals surface area contributed by atoms with Gasteiger partial charge in [0, 0.05) is 5.69 Å². The van der Waals surface area contributed by atoms with E-state index >= 15 is 0 Å². The molecule has 0 saturated heterocycles. The van der Waals surface area contributed by atoms with Crippen molar-refractivity contribution in [3.63, 3.8) is 0 Å². The molecule has 0 aromatic heterocycles. The molecular formula is C16H14Cl2N2O4. The molecular weight excluding hydrogens is 355 g/mol. The maximum absolute atomic E-state index is 12.0. The summed E-state index contributed by atoms with van der Waals surface area (Å²) in [5.74, 6) is 0.303. The number of carbonyl (C=O) groups excluding carboxylic acids is 2. The summed E-state index contributed by atoms with van der Waals surface area (Å²) in [6.07, 6.45) is -0.786. The van der Waals surface area contributed by atoms with Crippen LogP contribution >= 0.6 is 23.2 Å². The third kappa shape index (κ3) is 5.04. The average Bonchev–Trinajstić information content (AvgIpc) is 2.54. The van der Waals surface area contributed by atoms with Gasteiger partial charge in [-0.25, -0.2) is 9.59 Å². The van der Waals surface area contributed by atoms with Gasteiger partial charge in [0.25, 0.3) is 0 Å². The van der Waals surface area contributed by atoms with Crippen LogP contribution in [0.5, 0.6) is 5.75 Å². The molecule has 6 nitrogen and oxygen atoms in total. The molecule has 2 N–H and O–H groups in total. The van der Waals surface area contributed by atoms with Crippen LogP contribution in [0.3, 0.4) is 0 Å². The van der Waals surface area contributed by atoms with Crippen LogP contribution in [0, 0.1) is 0 Å². The van der Waals surface area contributed by atoms with E-state index in [-0.39, 0.29) is 11.6 Å². The lowest BCUT2D eigenvalue weighted by Gasteiger charge is -2.10. The Kier molecular flexibility index (Phi) is 6.28. The first kappa shape index (κ1) is 17.9. The van der Waals surface area contributed by atoms with Gasteiger partial charge in [-0.1, -0.05) is 29.3 Å². The Morgan fingerprint density at radius 1 is 1.04 bits per heavy atom. The number of benzene rings is 2. The van der Waals surface area contributed by atoms with Crippen LogP contribution in [-0.2, 0) is 4.74 Å². The summed E-state index contributed by atoms with van der Waals surface area (Å²) in [5.41, 5.74) is 0.894. The van der Waals surface area contributed by atoms with E-state index in [1.807, 2.05) is 0 Å². The lowest BCUT2D eigenvalue weighted by Crippen LogP contribution is -2.19. The zero-order chi connectivity index (χ0) is 17.5. The van der Waals surface area contributed by atoms with Gasteiger partial charge in [0.05, 0.1) is 22.3 Å². The summed E-state index contributed by atoms with van der Waals surface area (Å²) in [4.78, 5) is 23.2. The fourth-order valence-electron chi connectivity index (χ4n) is 1.73. The van der Waals surface area contributed by atoms with E-state index < -0.39 is 12.2 Å². The zero-order valence-electron chi connectivity index (χ0n) is 12.6. The largest absolute Gasteiger partial charge is 0.513 e. The first-order chi connectivity index (χ1) is 11.5. The molecule has 0 atom stereocenters. The third-order valence-electron chi connectivity index (χ3n) is 2.78. The molecule has 0 aliphatic heterocycles. The molecule has 2 aromatic rings. The van der Waals surface area contributed by atoms with Crippen molar-refractivity contribution in [3.8, 4) is 5.75 Å². The van der Waals surface area contributed by atoms with Crippen molar-refractivity contribution in [2.24, 2.45) is 0 Å². The van der Waals surface area contributed by atoms with Crippen LogP contribution in [0.1, 0.15) is 6.92 Å². The van der Waals surface area contributed by atoms with Crippen molar-refractivity contribution in [2.75, 3.05) is 17.2 Å². The number of carbonyl (C=O) groups is 2. The summed E-state index contributed by atoms with van der Waals surface area (Å²) >= 11 is 11.9. The minimum absolute atomic E-state index is 0.227. The molecule has 0 heterocycles. The standard InChI is InChI=1S/C16H14Cl2N2O4/c1-2-23-16(22)24-11-8-6-10(7-9-11)19-15(21)20-13-5-3-4-12(17)14(13)18/h3-9H,2H2,1H3,(H2,19,20,21). The second-order valence-corrected chi connectivity index (χ2v) is 5.28. The van der Waals surface area contributed by atoms with Crippen molar-refractivity contribution in [1.29, 1.82) is 0 Å². The predicted octanol–water partition coefficient (Wildman–Crippen LogP) is 5.17. The summed E-state index contributed by atoms with van der Waals surface area (Å²) in [6, 6.07) is 10.6. The number of ether oxygens (including phenoxy) is 2. The van der Waals surface area contributed by atoms with Gasteiger partial charge in [0.1, 0.15) is 5.75 Å². The average molecular weight is 369 g/mol. The lowest BCUT2D eigenvalue weighted by atomic mass is 10.3. The molecule has 24 heavy (non-hydrogen) atoms. The molecule has 0 bridgehead atoms. The van der Waals surface area contributed by atoms with E-state index in [0.717, 1.165) is 0 Å². The van der Waals surface area contributed by atoms with Crippen LogP contribution in [-0.4, -0.2) is 18.8 Å². The number of hydrogen-bond donors (Lipinski definition) is 2. The number of rotatable bonds is 4. The Morgan fingerprint density at radius 2 is 1.75 bits per heavy atom. The number of amides is 2. The molecule has 0 unspecified atom stereocenters. The Bertz CT molecular complexity index is 735. The van der Waals surface area contributed by atoms with Gasteiger partial charge in [-0.3, -0.25) is 0 Å². The van der Waals surface area contributed by atoms with Crippen LogP contribution in [0.4, 0.5) is 21.0 Å². The highest BCUT2D eigenvalue weighted by atomic mass is 35.5. The van der Waals surface area contributed by atoms with Crippen molar-refractivity contribution >= 4 is 46.8 Å². The van der Waals surface area contributed by atoms with Crippen molar-refractivity contribution < 1.29 is 19.1 Å². The number of halogens is 2. The Morgan fingerprint density at radius 3 is 2.42 bits per heavy atom. The van der Waals surface area contributed by atoms with E-state index in [1.54, 1.807) is 37.3 Å². The molecule has 2 amide bonds. The number of hydrogen-bond acceptors (Lipinski definition) is 4. The molecule has 0 radical (unpaired) electrons. The molecule has 126 valence electrons. The Balaban J connectivity index is 1.94. The highest BCUT2D eigenvalue weighted by molar-refractivity contribution is 6.44. The molecule has 0 fully saturated rings. The summed E-state index contributed by atoms with van der Waals surface area (Å²) in [6.45, 7) is 1.91. The van der Waals surface area contributed by atoms with E-state index in [4.69, 9.17) is 27.9 Å². The highest BCUT2D eigenvalue weighted by Gasteiger charge is 2.09. The second kappa shape index (κ2) is 8.42. The topological polar surface area (TPSA) is 76.7 Å². The number of anilines is 2. The molecule has 0 saturated carbocycles. The minimum atomic E-state index is -0.786. The predicted molar refractivity (Wildman–Crippen MR) is 93.2 cm³/mol. The summed E-state index contributed by atoms with van der Waals surface area (Å²) in [5, 5.41) is 5.81. The zero-order valence-corrected chi connectivity index (χ0v) is 14.1. The molecule has 0 spiro atoms. The Labute approximate surface area is 148 Å². The van der Waals surface area contributed by atoms with Crippen LogP contribution in [0.2, 0.25) is 10.0 Å². The van der Waals surface area contributed by atoms with E-state index in [9.17, 15) is 9.59 Å². The number of nitrogens with one attached hydrogen (secondary N) is 2. The van der Waals surface area contributed by atoms with Gasteiger partial charge in [0.15, 0.2) is 0 Å². The van der Waals surface area contributed by atoms with Gasteiger partial charge in [-0.2, -0.15) is 0 Å². The van der Waals surface area contributed by atoms with Crippen LogP contribution < -0.4 is 15.4 Å². The maximum atomic E-state index is 12.0. The smallest absolute Gasteiger partial charge is 0.434 e. The van der Waals surface area contributed by atoms with Gasteiger partial charge in [-0.15, -0.1) is 0 Å². The molecule has 8 heteroatoms. The third-order valence-corrected chi connectivity index (χ3v) is 3.59. The molecule has 2 aromatic carbocycles. The van der Waals surface area contributed by atoms with Gasteiger partial charge in [0.2, 0.25) is 0 Å². The fraction of sp³-hybridized carbons (Fsp3) is 0.125. The minimum Gasteiger partial charge on any atom is -0.434 e. The van der Waals surface area contributed by atoms with Crippen molar-refractivity contribution in [2.45, 2.75) is 6.92 Å². The first-order valence-electron chi connectivity index (χ1n) is 6.96. The quantitative estimate of drug-likeness (QED) is 0.576. The summed E-state index contributed by atoms with van der Waals surface area (Å²) in [7, 11) is 0. The SMILES string of the molecule is CCOC(=O)Oc1ccc(NC(=O)Nc2cccc(Cl)c2Cl)cc1. The fourth-order valence-corrected chi connectivity index (χ4v) is 2.08. The van der Waals surface area contributed by atoms with Gasteiger partial charge in [-0.05, 0) is 43.3 Å². The normalized spacial score (nSPS) is 9.96. The van der Waals surface area contributed by atoms with Crippen molar-refractivity contribution in [1.82, 2.24) is 0 Å². The second-order valence-electron chi connectivity index (χ2n) is 4.49. The van der Waals surface area contributed by atoms with Crippen molar-refractivity contribution in [3.05, 3.63) is 52.5 Å². The monoisotopic (exact) mass is 368 g/mol. The Hall–Kier alpha value is -2.44. The van der Waals surface area contributed by atoms with E-state index in [1.165, 1.54) is 12.1 Å².